The summed E-state index contributed by atoms with van der Waals surface area (Å²) in [6.07, 6.45) is 1.25. The Balaban J connectivity index is 1.44. The van der Waals surface area contributed by atoms with Gasteiger partial charge in [-0.1, -0.05) is 6.07 Å². The summed E-state index contributed by atoms with van der Waals surface area (Å²) in [5, 5.41) is 7.54. The van der Waals surface area contributed by atoms with Gasteiger partial charge in [-0.05, 0) is 30.9 Å². The minimum atomic E-state index is -2.45. The van der Waals surface area contributed by atoms with Gasteiger partial charge in [0.1, 0.15) is 11.6 Å². The summed E-state index contributed by atoms with van der Waals surface area (Å²) in [6, 6.07) is 4.23. The summed E-state index contributed by atoms with van der Waals surface area (Å²) in [5.41, 5.74) is 0.285. The maximum atomic E-state index is 14.6. The molecule has 33 heavy (non-hydrogen) atoms. The van der Waals surface area contributed by atoms with Gasteiger partial charge in [0.2, 0.25) is 12.4 Å². The van der Waals surface area contributed by atoms with E-state index in [2.05, 4.69) is 20.4 Å². The van der Waals surface area contributed by atoms with Crippen LogP contribution in [0.3, 0.4) is 0 Å². The van der Waals surface area contributed by atoms with Crippen LogP contribution < -0.4 is 5.32 Å². The normalized spacial score (nSPS) is 21.8. The van der Waals surface area contributed by atoms with Crippen LogP contribution in [0.25, 0.3) is 16.9 Å². The van der Waals surface area contributed by atoms with Gasteiger partial charge in [-0.25, -0.2) is 22.7 Å². The molecule has 1 saturated heterocycles. The van der Waals surface area contributed by atoms with Crippen LogP contribution >= 0.6 is 0 Å². The molecule has 174 valence electrons. The predicted octanol–water partition coefficient (Wildman–Crippen LogP) is 3.36. The molecule has 1 aliphatic carbocycles. The zero-order valence-electron chi connectivity index (χ0n) is 17.8. The number of pyridine rings is 1. The molecule has 0 amide bonds. The molecule has 1 saturated carbocycles. The molecule has 0 bridgehead atoms. The van der Waals surface area contributed by atoms with E-state index >= 15 is 0 Å². The molecular formula is C22H22F3N5O3. The number of fused-ring (bicyclic) bond motifs is 1. The van der Waals surface area contributed by atoms with Crippen molar-refractivity contribution in [2.24, 2.45) is 0 Å². The number of nitrogens with zero attached hydrogens (tertiary/aromatic N) is 4. The van der Waals surface area contributed by atoms with E-state index in [4.69, 9.17) is 9.47 Å². The first-order valence-corrected chi connectivity index (χ1v) is 10.7. The second-order valence-electron chi connectivity index (χ2n) is 8.41. The van der Waals surface area contributed by atoms with Crippen molar-refractivity contribution in [1.29, 1.82) is 0 Å². The molecule has 5 rings (SSSR count). The minimum absolute atomic E-state index is 0.149. The van der Waals surface area contributed by atoms with Crippen molar-refractivity contribution in [1.82, 2.24) is 19.6 Å². The number of nitrogens with one attached hydrogen (secondary N) is 1. The molecule has 3 aromatic heterocycles. The summed E-state index contributed by atoms with van der Waals surface area (Å²) in [7, 11) is 0. The second kappa shape index (κ2) is 8.29. The Morgan fingerprint density at radius 1 is 1.30 bits per heavy atom. The fourth-order valence-corrected chi connectivity index (χ4v) is 4.18. The lowest BCUT2D eigenvalue weighted by Crippen LogP contribution is -2.44. The lowest BCUT2D eigenvalue weighted by atomic mass is 9.98. The Labute approximate surface area is 187 Å². The topological polar surface area (TPSA) is 90.6 Å². The van der Waals surface area contributed by atoms with Gasteiger partial charge in [0.05, 0.1) is 35.6 Å². The second-order valence-corrected chi connectivity index (χ2v) is 8.41. The first-order valence-electron chi connectivity index (χ1n) is 10.7. The number of alkyl halides is 2. The number of hydrogen-bond donors (Lipinski definition) is 1. The van der Waals surface area contributed by atoms with Gasteiger partial charge in [-0.15, -0.1) is 5.10 Å². The van der Waals surface area contributed by atoms with E-state index in [1.165, 1.54) is 29.9 Å². The van der Waals surface area contributed by atoms with Crippen LogP contribution in [0.4, 0.5) is 19.1 Å². The summed E-state index contributed by atoms with van der Waals surface area (Å²) in [6.45, 7) is 2.06. The number of carbonyl (C=O) groups excluding carboxylic acids is 1. The van der Waals surface area contributed by atoms with E-state index in [1.807, 2.05) is 0 Å². The third-order valence-corrected chi connectivity index (χ3v) is 6.21. The molecule has 0 aromatic carbocycles. The summed E-state index contributed by atoms with van der Waals surface area (Å²) >= 11 is 0. The number of aromatic nitrogens is 4. The van der Waals surface area contributed by atoms with Crippen molar-refractivity contribution in [2.75, 3.05) is 18.5 Å². The summed E-state index contributed by atoms with van der Waals surface area (Å²) in [4.78, 5) is 19.9. The van der Waals surface area contributed by atoms with Gasteiger partial charge in [0.25, 0.3) is 0 Å². The zero-order chi connectivity index (χ0) is 23.2. The highest BCUT2D eigenvalue weighted by Gasteiger charge is 2.52. The highest BCUT2D eigenvalue weighted by Crippen LogP contribution is 2.52. The Kier molecular flexibility index (Phi) is 5.43. The third-order valence-electron chi connectivity index (χ3n) is 6.21. The van der Waals surface area contributed by atoms with Crippen molar-refractivity contribution in [3.63, 3.8) is 0 Å². The van der Waals surface area contributed by atoms with E-state index in [-0.39, 0.29) is 24.1 Å². The van der Waals surface area contributed by atoms with E-state index in [0.717, 1.165) is 0 Å². The van der Waals surface area contributed by atoms with Gasteiger partial charge in [0.15, 0.2) is 5.82 Å². The van der Waals surface area contributed by atoms with Crippen molar-refractivity contribution < 1.29 is 27.4 Å². The summed E-state index contributed by atoms with van der Waals surface area (Å²) in [5.74, 6) is -0.732. The minimum Gasteiger partial charge on any atom is -0.458 e. The van der Waals surface area contributed by atoms with Crippen LogP contribution in [0.5, 0.6) is 0 Å². The molecule has 2 aliphatic rings. The van der Waals surface area contributed by atoms with Crippen molar-refractivity contribution in [2.45, 2.75) is 50.2 Å². The van der Waals surface area contributed by atoms with Crippen LogP contribution in [0.2, 0.25) is 0 Å². The molecule has 0 unspecified atom stereocenters. The van der Waals surface area contributed by atoms with E-state index < -0.39 is 29.7 Å². The molecule has 4 heterocycles. The Bertz CT molecular complexity index is 1180. The molecule has 0 radical (unpaired) electrons. The van der Waals surface area contributed by atoms with E-state index in [1.54, 1.807) is 12.1 Å². The Morgan fingerprint density at radius 3 is 2.79 bits per heavy atom. The predicted molar refractivity (Wildman–Crippen MR) is 111 cm³/mol. The molecular weight excluding hydrogens is 439 g/mol. The summed E-state index contributed by atoms with van der Waals surface area (Å²) < 4.78 is 53.4. The maximum absolute atomic E-state index is 14.6. The third kappa shape index (κ3) is 4.01. The standard InChI is InChI=1S/C22H22F3N5O3/c1-12(31)33-19-11-32-7-4-16(19)28-21-27-10-18-14(23)8-17(30(18)29-21)15-3-2-13(9-26-15)22(5-6-22)20(24)25/h2-3,8-10,16,19-20H,4-7,11H2,1H3,(H,28,29)/t16-,19-/m1/s1. The highest BCUT2D eigenvalue weighted by molar-refractivity contribution is 5.66. The lowest BCUT2D eigenvalue weighted by molar-refractivity contribution is -0.153. The van der Waals surface area contributed by atoms with Gasteiger partial charge in [0, 0.05) is 25.8 Å². The fourth-order valence-electron chi connectivity index (χ4n) is 4.18. The number of carbonyl (C=O) groups is 1. The number of halogens is 3. The molecule has 1 N–H and O–H groups in total. The van der Waals surface area contributed by atoms with Crippen LogP contribution in [0.1, 0.15) is 31.7 Å². The number of esters is 1. The molecule has 11 heteroatoms. The largest absolute Gasteiger partial charge is 0.458 e. The lowest BCUT2D eigenvalue weighted by Gasteiger charge is -2.31. The van der Waals surface area contributed by atoms with Crippen molar-refractivity contribution in [3.05, 3.63) is 42.0 Å². The van der Waals surface area contributed by atoms with E-state index in [0.29, 0.717) is 42.8 Å². The number of ether oxygens (including phenoxy) is 2. The number of anilines is 1. The van der Waals surface area contributed by atoms with Gasteiger partial charge in [-0.3, -0.25) is 9.78 Å². The molecule has 8 nitrogen and oxygen atoms in total. The van der Waals surface area contributed by atoms with Gasteiger partial charge >= 0.3 is 5.97 Å². The maximum Gasteiger partial charge on any atom is 0.303 e. The average Bonchev–Trinajstić information content (AvgIpc) is 3.55. The number of rotatable bonds is 6. The van der Waals surface area contributed by atoms with E-state index in [9.17, 15) is 18.0 Å². The van der Waals surface area contributed by atoms with Gasteiger partial charge in [-0.2, -0.15) is 0 Å². The van der Waals surface area contributed by atoms with Crippen molar-refractivity contribution >= 4 is 17.4 Å². The van der Waals surface area contributed by atoms with Crippen molar-refractivity contribution in [3.8, 4) is 11.4 Å². The van der Waals surface area contributed by atoms with Gasteiger partial charge < -0.3 is 14.8 Å². The number of hydrogen-bond acceptors (Lipinski definition) is 7. The van der Waals surface area contributed by atoms with Crippen LogP contribution in [0, 0.1) is 5.82 Å². The first kappa shape index (κ1) is 21.6. The Hall–Kier alpha value is -3.21. The van der Waals surface area contributed by atoms with Crippen LogP contribution in [-0.4, -0.2) is 57.3 Å². The average molecular weight is 461 g/mol. The molecule has 1 aliphatic heterocycles. The van der Waals surface area contributed by atoms with Crippen LogP contribution in [0.15, 0.2) is 30.6 Å². The molecule has 2 fully saturated rings. The molecule has 0 spiro atoms. The monoisotopic (exact) mass is 461 g/mol. The Morgan fingerprint density at radius 2 is 2.12 bits per heavy atom. The smallest absolute Gasteiger partial charge is 0.303 e. The SMILES string of the molecule is CC(=O)O[C@@H]1COCC[C@H]1Nc1ncc2c(F)cc(-c3ccc(C4(C(F)F)CC4)cn3)n2n1. The fraction of sp³-hybridized carbons (Fsp3) is 0.455. The molecule has 2 atom stereocenters. The molecule has 3 aromatic rings. The zero-order valence-corrected chi connectivity index (χ0v) is 17.8. The van der Waals surface area contributed by atoms with Crippen LogP contribution in [-0.2, 0) is 19.7 Å². The first-order chi connectivity index (χ1) is 15.9. The highest BCUT2D eigenvalue weighted by atomic mass is 19.3. The quantitative estimate of drug-likeness (QED) is 0.563.